The molecule has 1 heterocycles. The van der Waals surface area contributed by atoms with Crippen LogP contribution in [0.2, 0.25) is 5.02 Å². The van der Waals surface area contributed by atoms with Gasteiger partial charge in [-0.2, -0.15) is 4.31 Å². The number of amides is 1. The number of ether oxygens (including phenoxy) is 1. The number of benzene rings is 2. The first kappa shape index (κ1) is 20.5. The third kappa shape index (κ3) is 4.79. The van der Waals surface area contributed by atoms with Crippen LogP contribution in [0.3, 0.4) is 0 Å². The molecule has 0 saturated carbocycles. The van der Waals surface area contributed by atoms with E-state index in [1.54, 1.807) is 12.1 Å². The van der Waals surface area contributed by atoms with Gasteiger partial charge in [-0.25, -0.2) is 12.8 Å². The molecule has 0 aromatic heterocycles. The molecule has 3 rings (SSSR count). The van der Waals surface area contributed by atoms with Crippen molar-refractivity contribution in [3.63, 3.8) is 0 Å². The zero-order valence-corrected chi connectivity index (χ0v) is 16.4. The van der Waals surface area contributed by atoms with Gasteiger partial charge in [0.05, 0.1) is 30.5 Å². The zero-order valence-electron chi connectivity index (χ0n) is 14.8. The summed E-state index contributed by atoms with van der Waals surface area (Å²) in [4.78, 5) is 12.1. The van der Waals surface area contributed by atoms with Crippen molar-refractivity contribution in [1.82, 2.24) is 4.31 Å². The lowest BCUT2D eigenvalue weighted by molar-refractivity contribution is -0.114. The molecule has 150 valence electrons. The maximum atomic E-state index is 13.6. The Balaban J connectivity index is 1.70. The normalized spacial score (nSPS) is 15.2. The molecule has 10 heteroatoms. The average Bonchev–Trinajstić information content (AvgIpc) is 2.69. The van der Waals surface area contributed by atoms with E-state index in [0.717, 1.165) is 0 Å². The summed E-state index contributed by atoms with van der Waals surface area (Å²) in [6.45, 7) is 0.919. The van der Waals surface area contributed by atoms with Gasteiger partial charge in [0.1, 0.15) is 10.7 Å². The van der Waals surface area contributed by atoms with Gasteiger partial charge in [-0.1, -0.05) is 23.7 Å². The van der Waals surface area contributed by atoms with Crippen molar-refractivity contribution in [3.8, 4) is 0 Å². The number of rotatable bonds is 6. The fourth-order valence-electron chi connectivity index (χ4n) is 2.69. The third-order valence-electron chi connectivity index (χ3n) is 4.12. The number of anilines is 2. The van der Waals surface area contributed by atoms with Crippen LogP contribution in [0.15, 0.2) is 47.4 Å². The predicted molar refractivity (Wildman–Crippen MR) is 105 cm³/mol. The van der Waals surface area contributed by atoms with E-state index in [0.29, 0.717) is 13.2 Å². The molecule has 0 unspecified atom stereocenters. The molecule has 2 aromatic rings. The summed E-state index contributed by atoms with van der Waals surface area (Å²) in [6.07, 6.45) is 0. The van der Waals surface area contributed by atoms with E-state index in [1.807, 2.05) is 0 Å². The van der Waals surface area contributed by atoms with E-state index in [9.17, 15) is 17.6 Å². The fraction of sp³-hybridized carbons (Fsp3) is 0.278. The summed E-state index contributed by atoms with van der Waals surface area (Å²) in [5, 5.41) is 5.34. The number of nitrogens with zero attached hydrogens (tertiary/aromatic N) is 1. The molecule has 7 nitrogen and oxygen atoms in total. The highest BCUT2D eigenvalue weighted by molar-refractivity contribution is 7.89. The minimum Gasteiger partial charge on any atom is -0.379 e. The molecule has 0 aliphatic carbocycles. The molecule has 1 amide bonds. The Hall–Kier alpha value is -2.20. The molecule has 0 radical (unpaired) electrons. The van der Waals surface area contributed by atoms with Crippen molar-refractivity contribution in [3.05, 3.63) is 53.3 Å². The summed E-state index contributed by atoms with van der Waals surface area (Å²) in [6, 6.07) is 10.2. The molecule has 2 N–H and O–H groups in total. The molecule has 2 aromatic carbocycles. The van der Waals surface area contributed by atoms with E-state index < -0.39 is 21.7 Å². The number of carbonyl (C=O) groups excluding carboxylic acids is 1. The molecule has 0 atom stereocenters. The molecule has 0 bridgehead atoms. The quantitative estimate of drug-likeness (QED) is 0.739. The number of sulfonamides is 1. The summed E-state index contributed by atoms with van der Waals surface area (Å²) in [5.41, 5.74) is 0.473. The molecule has 1 aliphatic rings. The van der Waals surface area contributed by atoms with Crippen molar-refractivity contribution in [2.75, 3.05) is 43.5 Å². The van der Waals surface area contributed by atoms with Crippen LogP contribution in [0.1, 0.15) is 0 Å². The number of hydrogen-bond donors (Lipinski definition) is 2. The van der Waals surface area contributed by atoms with Crippen molar-refractivity contribution >= 4 is 38.9 Å². The lowest BCUT2D eigenvalue weighted by Gasteiger charge is -2.26. The summed E-state index contributed by atoms with van der Waals surface area (Å²) in [7, 11) is -3.81. The topological polar surface area (TPSA) is 87.7 Å². The Bertz CT molecular complexity index is 965. The van der Waals surface area contributed by atoms with Gasteiger partial charge in [0, 0.05) is 18.8 Å². The highest BCUT2D eigenvalue weighted by atomic mass is 35.5. The second kappa shape index (κ2) is 8.87. The minimum absolute atomic E-state index is 0.0639. The average molecular weight is 428 g/mol. The molecule has 1 fully saturated rings. The van der Waals surface area contributed by atoms with E-state index in [2.05, 4.69) is 10.6 Å². The largest absolute Gasteiger partial charge is 0.379 e. The Labute approximate surface area is 167 Å². The first-order valence-electron chi connectivity index (χ1n) is 8.53. The number of halogens is 2. The number of para-hydroxylation sites is 1. The molecular formula is C18H19ClFN3O4S. The monoisotopic (exact) mass is 427 g/mol. The minimum atomic E-state index is -3.81. The van der Waals surface area contributed by atoms with Gasteiger partial charge in [0.15, 0.2) is 0 Å². The van der Waals surface area contributed by atoms with E-state index in [-0.39, 0.29) is 40.9 Å². The van der Waals surface area contributed by atoms with Gasteiger partial charge in [0.2, 0.25) is 15.9 Å². The lowest BCUT2D eigenvalue weighted by Crippen LogP contribution is -2.40. The summed E-state index contributed by atoms with van der Waals surface area (Å²) in [5.74, 6) is -0.930. The number of hydrogen-bond acceptors (Lipinski definition) is 5. The van der Waals surface area contributed by atoms with E-state index >= 15 is 0 Å². The van der Waals surface area contributed by atoms with Crippen LogP contribution < -0.4 is 10.6 Å². The molecule has 1 aliphatic heterocycles. The maximum absolute atomic E-state index is 13.6. The lowest BCUT2D eigenvalue weighted by atomic mass is 10.3. The van der Waals surface area contributed by atoms with Crippen molar-refractivity contribution in [2.45, 2.75) is 4.90 Å². The van der Waals surface area contributed by atoms with Crippen LogP contribution in [0.25, 0.3) is 0 Å². The Morgan fingerprint density at radius 2 is 1.89 bits per heavy atom. The standard InChI is InChI=1S/C18H19ClFN3O4S/c19-14-6-5-13(11-17(14)28(25,26)23-7-9-27-10-8-23)22-18(24)12-21-16-4-2-1-3-15(16)20/h1-6,11,21H,7-10,12H2,(H,22,24). The van der Waals surface area contributed by atoms with Crippen LogP contribution in [-0.2, 0) is 19.6 Å². The molecule has 1 saturated heterocycles. The van der Waals surface area contributed by atoms with E-state index in [1.165, 1.54) is 34.6 Å². The van der Waals surface area contributed by atoms with Gasteiger partial charge in [-0.05, 0) is 30.3 Å². The smallest absolute Gasteiger partial charge is 0.244 e. The van der Waals surface area contributed by atoms with Gasteiger partial charge in [-0.15, -0.1) is 0 Å². The SMILES string of the molecule is O=C(CNc1ccccc1F)Nc1ccc(Cl)c(S(=O)(=O)N2CCOCC2)c1. The highest BCUT2D eigenvalue weighted by Gasteiger charge is 2.28. The van der Waals surface area contributed by atoms with Crippen LogP contribution in [0.5, 0.6) is 0 Å². The van der Waals surface area contributed by atoms with Gasteiger partial charge < -0.3 is 15.4 Å². The van der Waals surface area contributed by atoms with Gasteiger partial charge in [-0.3, -0.25) is 4.79 Å². The van der Waals surface area contributed by atoms with Gasteiger partial charge >= 0.3 is 0 Å². The van der Waals surface area contributed by atoms with Crippen LogP contribution in [0.4, 0.5) is 15.8 Å². The Kier molecular flexibility index (Phi) is 6.50. The number of morpholine rings is 1. The Morgan fingerprint density at radius 3 is 2.61 bits per heavy atom. The van der Waals surface area contributed by atoms with E-state index in [4.69, 9.17) is 16.3 Å². The predicted octanol–water partition coefficient (Wildman–Crippen LogP) is 2.55. The van der Waals surface area contributed by atoms with Crippen LogP contribution >= 0.6 is 11.6 Å². The molecular weight excluding hydrogens is 409 g/mol. The second-order valence-electron chi connectivity index (χ2n) is 6.04. The Morgan fingerprint density at radius 1 is 1.18 bits per heavy atom. The zero-order chi connectivity index (χ0) is 20.1. The van der Waals surface area contributed by atoms with Gasteiger partial charge in [0.25, 0.3) is 0 Å². The summed E-state index contributed by atoms with van der Waals surface area (Å²) < 4.78 is 45.7. The van der Waals surface area contributed by atoms with Crippen LogP contribution in [-0.4, -0.2) is 51.5 Å². The maximum Gasteiger partial charge on any atom is 0.244 e. The third-order valence-corrected chi connectivity index (χ3v) is 6.50. The van der Waals surface area contributed by atoms with Crippen molar-refractivity contribution < 1.29 is 22.3 Å². The number of carbonyl (C=O) groups is 1. The first-order chi connectivity index (χ1) is 13.4. The van der Waals surface area contributed by atoms with Crippen LogP contribution in [0, 0.1) is 5.82 Å². The molecule has 0 spiro atoms. The molecule has 28 heavy (non-hydrogen) atoms. The summed E-state index contributed by atoms with van der Waals surface area (Å²) >= 11 is 6.09. The fourth-order valence-corrected chi connectivity index (χ4v) is 4.60. The highest BCUT2D eigenvalue weighted by Crippen LogP contribution is 2.28. The number of nitrogens with one attached hydrogen (secondary N) is 2. The van der Waals surface area contributed by atoms with Crippen molar-refractivity contribution in [1.29, 1.82) is 0 Å². The van der Waals surface area contributed by atoms with Crippen molar-refractivity contribution in [2.24, 2.45) is 0 Å². The second-order valence-corrected chi connectivity index (χ2v) is 8.36. The first-order valence-corrected chi connectivity index (χ1v) is 10.4.